The summed E-state index contributed by atoms with van der Waals surface area (Å²) in [5.41, 5.74) is 0.640. The summed E-state index contributed by atoms with van der Waals surface area (Å²) in [7, 11) is 0. The summed E-state index contributed by atoms with van der Waals surface area (Å²) in [5, 5.41) is 10.7. The van der Waals surface area contributed by atoms with E-state index in [-0.39, 0.29) is 14.7 Å². The minimum atomic E-state index is -1.06. The van der Waals surface area contributed by atoms with Gasteiger partial charge in [-0.25, -0.2) is 4.79 Å². The molecule has 6 heteroatoms. The van der Waals surface area contributed by atoms with Gasteiger partial charge in [0, 0.05) is 11.1 Å². The summed E-state index contributed by atoms with van der Waals surface area (Å²) in [6, 6.07) is 1.53. The van der Waals surface area contributed by atoms with E-state index in [4.69, 9.17) is 5.11 Å². The van der Waals surface area contributed by atoms with E-state index in [1.54, 1.807) is 22.6 Å². The van der Waals surface area contributed by atoms with Crippen molar-refractivity contribution < 1.29 is 9.90 Å². The first kappa shape index (κ1) is 10.6. The molecule has 2 heterocycles. The highest BCUT2D eigenvalue weighted by molar-refractivity contribution is 14.1. The van der Waals surface area contributed by atoms with Crippen molar-refractivity contribution >= 4 is 44.7 Å². The van der Waals surface area contributed by atoms with Crippen molar-refractivity contribution in [3.05, 3.63) is 36.6 Å². The predicted octanol–water partition coefficient (Wildman–Crippen LogP) is 1.97. The van der Waals surface area contributed by atoms with Gasteiger partial charge in [0.25, 0.3) is 5.56 Å². The molecule has 0 saturated heterocycles. The fourth-order valence-electron chi connectivity index (χ4n) is 1.34. The Bertz CT molecular complexity index is 614. The van der Waals surface area contributed by atoms with Crippen LogP contribution in [0.25, 0.3) is 4.83 Å². The second-order valence-electron chi connectivity index (χ2n) is 3.03. The van der Waals surface area contributed by atoms with Crippen LogP contribution in [-0.4, -0.2) is 15.5 Å². The van der Waals surface area contributed by atoms with Crippen LogP contribution in [0.15, 0.2) is 16.2 Å². The number of hydrogen-bond donors (Lipinski definition) is 1. The Balaban J connectivity index is 2.97. The molecule has 0 saturated carbocycles. The van der Waals surface area contributed by atoms with Crippen molar-refractivity contribution in [2.24, 2.45) is 0 Å². The zero-order chi connectivity index (χ0) is 11.2. The second-order valence-corrected chi connectivity index (χ2v) is 5.00. The van der Waals surface area contributed by atoms with Crippen LogP contribution in [0.1, 0.15) is 16.1 Å². The lowest BCUT2D eigenvalue weighted by Crippen LogP contribution is -2.20. The third-order valence-electron chi connectivity index (χ3n) is 2.05. The molecule has 0 spiro atoms. The van der Waals surface area contributed by atoms with Gasteiger partial charge >= 0.3 is 5.97 Å². The van der Waals surface area contributed by atoms with Gasteiger partial charge in [-0.05, 0) is 35.6 Å². The topological polar surface area (TPSA) is 58.8 Å². The summed E-state index contributed by atoms with van der Waals surface area (Å²) in [6.45, 7) is 1.82. The van der Waals surface area contributed by atoms with Gasteiger partial charge < -0.3 is 5.11 Å². The highest BCUT2D eigenvalue weighted by Crippen LogP contribution is 2.18. The summed E-state index contributed by atoms with van der Waals surface area (Å²) in [6.07, 6.45) is 0. The van der Waals surface area contributed by atoms with Gasteiger partial charge in [0.2, 0.25) is 0 Å². The summed E-state index contributed by atoms with van der Waals surface area (Å²) < 4.78 is 1.78. The number of carbonyl (C=O) groups is 1. The van der Waals surface area contributed by atoms with Gasteiger partial charge in [-0.2, -0.15) is 0 Å². The molecular formula is C9H6INO3S. The number of carboxylic acid groups (broad SMARTS) is 1. The lowest BCUT2D eigenvalue weighted by molar-refractivity contribution is 0.0695. The Labute approximate surface area is 102 Å². The molecule has 0 aliphatic rings. The number of carboxylic acids is 1. The van der Waals surface area contributed by atoms with Crippen LogP contribution in [0, 0.1) is 10.5 Å². The Kier molecular flexibility index (Phi) is 2.55. The van der Waals surface area contributed by atoms with E-state index < -0.39 is 5.97 Å². The first-order valence-corrected chi connectivity index (χ1v) is 6.01. The van der Waals surface area contributed by atoms with Gasteiger partial charge in [0.1, 0.15) is 4.83 Å². The summed E-state index contributed by atoms with van der Waals surface area (Å²) >= 11 is 3.14. The molecule has 78 valence electrons. The lowest BCUT2D eigenvalue weighted by atomic mass is 10.3. The zero-order valence-corrected chi connectivity index (χ0v) is 10.6. The molecule has 0 radical (unpaired) electrons. The van der Waals surface area contributed by atoms with Crippen LogP contribution < -0.4 is 5.56 Å². The molecule has 0 unspecified atom stereocenters. The molecule has 2 aromatic heterocycles. The second kappa shape index (κ2) is 3.60. The lowest BCUT2D eigenvalue weighted by Gasteiger charge is -2.01. The monoisotopic (exact) mass is 335 g/mol. The molecule has 0 bridgehead atoms. The van der Waals surface area contributed by atoms with Crippen molar-refractivity contribution in [3.63, 3.8) is 0 Å². The average molecular weight is 335 g/mol. The number of hydrogen-bond acceptors (Lipinski definition) is 3. The Morgan fingerprint density at radius 3 is 2.87 bits per heavy atom. The van der Waals surface area contributed by atoms with Gasteiger partial charge in [0.05, 0.1) is 9.13 Å². The molecule has 2 rings (SSSR count). The van der Waals surface area contributed by atoms with Crippen molar-refractivity contribution in [2.75, 3.05) is 0 Å². The quantitative estimate of drug-likeness (QED) is 0.811. The summed E-state index contributed by atoms with van der Waals surface area (Å²) in [4.78, 5) is 23.4. The molecule has 0 aliphatic heterocycles. The average Bonchev–Trinajstić information content (AvgIpc) is 2.53. The van der Waals surface area contributed by atoms with E-state index in [1.807, 2.05) is 12.3 Å². The molecule has 0 atom stereocenters. The molecule has 1 N–H and O–H groups in total. The number of rotatable bonds is 1. The van der Waals surface area contributed by atoms with E-state index in [0.29, 0.717) is 4.83 Å². The standard InChI is InChI=1S/C9H6INO3S/c1-4-3-15-6-2-5(9(13)14)7(10)8(12)11(4)6/h2-3H,1H3,(H,13,14). The number of thiazole rings is 1. The van der Waals surface area contributed by atoms with Gasteiger partial charge in [0.15, 0.2) is 0 Å². The third-order valence-corrected chi connectivity index (χ3v) is 4.09. The zero-order valence-electron chi connectivity index (χ0n) is 7.65. The van der Waals surface area contributed by atoms with E-state index in [2.05, 4.69) is 0 Å². The van der Waals surface area contributed by atoms with Crippen molar-refractivity contribution in [2.45, 2.75) is 6.92 Å². The molecule has 15 heavy (non-hydrogen) atoms. The largest absolute Gasteiger partial charge is 0.478 e. The summed E-state index contributed by atoms with van der Waals surface area (Å²) in [5.74, 6) is -1.06. The maximum atomic E-state index is 11.8. The SMILES string of the molecule is Cc1csc2cc(C(=O)O)c(I)c(=O)n12. The highest BCUT2D eigenvalue weighted by Gasteiger charge is 2.15. The fraction of sp³-hybridized carbons (Fsp3) is 0.111. The minimum Gasteiger partial charge on any atom is -0.478 e. The Morgan fingerprint density at radius 1 is 1.60 bits per heavy atom. The van der Waals surface area contributed by atoms with Crippen LogP contribution in [0.5, 0.6) is 0 Å². The number of aromatic carboxylic acids is 1. The van der Waals surface area contributed by atoms with E-state index in [1.165, 1.54) is 21.8 Å². The van der Waals surface area contributed by atoms with Crippen LogP contribution >= 0.6 is 33.9 Å². The smallest absolute Gasteiger partial charge is 0.337 e. The van der Waals surface area contributed by atoms with Gasteiger partial charge in [-0.1, -0.05) is 0 Å². The number of halogens is 1. The maximum Gasteiger partial charge on any atom is 0.337 e. The predicted molar refractivity (Wildman–Crippen MR) is 66.0 cm³/mol. The molecule has 4 nitrogen and oxygen atoms in total. The van der Waals surface area contributed by atoms with Gasteiger partial charge in [-0.15, -0.1) is 11.3 Å². The maximum absolute atomic E-state index is 11.8. The van der Waals surface area contributed by atoms with Gasteiger partial charge in [-0.3, -0.25) is 9.20 Å². The first-order chi connectivity index (χ1) is 7.02. The Morgan fingerprint density at radius 2 is 2.27 bits per heavy atom. The van der Waals surface area contributed by atoms with Crippen LogP contribution in [-0.2, 0) is 0 Å². The molecular weight excluding hydrogens is 329 g/mol. The minimum absolute atomic E-state index is 0.0717. The molecule has 0 aromatic carbocycles. The number of aryl methyl sites for hydroxylation is 1. The Hall–Kier alpha value is -0.890. The normalized spacial score (nSPS) is 10.8. The van der Waals surface area contributed by atoms with E-state index >= 15 is 0 Å². The van der Waals surface area contributed by atoms with E-state index in [0.717, 1.165) is 5.69 Å². The van der Waals surface area contributed by atoms with Crippen LogP contribution in [0.4, 0.5) is 0 Å². The number of aromatic nitrogens is 1. The molecule has 2 aromatic rings. The van der Waals surface area contributed by atoms with Crippen molar-refractivity contribution in [1.29, 1.82) is 0 Å². The fourth-order valence-corrected chi connectivity index (χ4v) is 2.88. The van der Waals surface area contributed by atoms with Crippen LogP contribution in [0.3, 0.4) is 0 Å². The third kappa shape index (κ3) is 1.57. The number of fused-ring (bicyclic) bond motifs is 1. The first-order valence-electron chi connectivity index (χ1n) is 4.05. The van der Waals surface area contributed by atoms with E-state index in [9.17, 15) is 9.59 Å². The highest BCUT2D eigenvalue weighted by atomic mass is 127. The number of nitrogens with zero attached hydrogens (tertiary/aromatic N) is 1. The number of pyridine rings is 1. The molecule has 0 fully saturated rings. The molecule has 0 amide bonds. The van der Waals surface area contributed by atoms with Crippen LogP contribution in [0.2, 0.25) is 0 Å². The van der Waals surface area contributed by atoms with Crippen molar-refractivity contribution in [3.8, 4) is 0 Å². The van der Waals surface area contributed by atoms with Crippen molar-refractivity contribution in [1.82, 2.24) is 4.40 Å². The molecule has 0 aliphatic carbocycles.